The quantitative estimate of drug-likeness (QED) is 0.948. The van der Waals surface area contributed by atoms with Gasteiger partial charge in [0.2, 0.25) is 0 Å². The summed E-state index contributed by atoms with van der Waals surface area (Å²) < 4.78 is 0. The van der Waals surface area contributed by atoms with E-state index in [1.54, 1.807) is 18.3 Å². The van der Waals surface area contributed by atoms with Gasteiger partial charge in [-0.25, -0.2) is 0 Å². The summed E-state index contributed by atoms with van der Waals surface area (Å²) in [5.74, 6) is 0.583. The third-order valence-corrected chi connectivity index (χ3v) is 4.34. The minimum atomic E-state index is 0.0500. The number of fused-ring (bicyclic) bond motifs is 1. The molecule has 2 aromatic rings. The minimum absolute atomic E-state index is 0.0500. The highest BCUT2D eigenvalue weighted by molar-refractivity contribution is 6.36. The molecule has 21 heavy (non-hydrogen) atoms. The maximum Gasteiger partial charge on any atom is 0.256 e. The van der Waals surface area contributed by atoms with E-state index >= 15 is 0 Å². The molecule has 0 radical (unpaired) electrons. The Morgan fingerprint density at radius 3 is 3.14 bits per heavy atom. The Balaban J connectivity index is 1.91. The number of nitrogens with zero attached hydrogens (tertiary/aromatic N) is 2. The summed E-state index contributed by atoms with van der Waals surface area (Å²) >= 11 is 6.18. The van der Waals surface area contributed by atoms with Gasteiger partial charge < -0.3 is 10.2 Å². The Kier molecular flexibility index (Phi) is 4.08. The maximum atomic E-state index is 12.7. The average Bonchev–Trinajstić information content (AvgIpc) is 2.96. The third kappa shape index (κ3) is 2.74. The van der Waals surface area contributed by atoms with Gasteiger partial charge >= 0.3 is 0 Å². The summed E-state index contributed by atoms with van der Waals surface area (Å²) in [5.41, 5.74) is 1.33. The van der Waals surface area contributed by atoms with Crippen LogP contribution in [0.4, 0.5) is 0 Å². The number of amides is 1. The molecule has 3 rings (SSSR count). The summed E-state index contributed by atoms with van der Waals surface area (Å²) in [6, 6.07) is 7.29. The Bertz CT molecular complexity index is 674. The van der Waals surface area contributed by atoms with E-state index in [-0.39, 0.29) is 5.91 Å². The van der Waals surface area contributed by atoms with Crippen LogP contribution in [0.2, 0.25) is 5.02 Å². The summed E-state index contributed by atoms with van der Waals surface area (Å²) in [6.07, 6.45) is 2.74. The predicted octanol–water partition coefficient (Wildman–Crippen LogP) is 2.57. The molecule has 1 fully saturated rings. The van der Waals surface area contributed by atoms with Crippen molar-refractivity contribution in [3.8, 4) is 0 Å². The number of hydrogen-bond acceptors (Lipinski definition) is 3. The lowest BCUT2D eigenvalue weighted by Gasteiger charge is -2.17. The number of nitrogens with one attached hydrogen (secondary N) is 1. The zero-order valence-electron chi connectivity index (χ0n) is 12.0. The molecule has 1 aliphatic rings. The van der Waals surface area contributed by atoms with E-state index in [1.807, 2.05) is 24.1 Å². The molecule has 110 valence electrons. The van der Waals surface area contributed by atoms with Crippen LogP contribution in [0.25, 0.3) is 10.9 Å². The van der Waals surface area contributed by atoms with E-state index in [2.05, 4.69) is 10.3 Å². The van der Waals surface area contributed by atoms with Crippen molar-refractivity contribution in [1.29, 1.82) is 0 Å². The number of benzene rings is 1. The van der Waals surface area contributed by atoms with Gasteiger partial charge in [-0.1, -0.05) is 11.6 Å². The zero-order valence-corrected chi connectivity index (χ0v) is 12.7. The Morgan fingerprint density at radius 2 is 2.33 bits per heavy atom. The Labute approximate surface area is 129 Å². The van der Waals surface area contributed by atoms with E-state index < -0.39 is 0 Å². The molecule has 0 spiro atoms. The van der Waals surface area contributed by atoms with Gasteiger partial charge in [-0.3, -0.25) is 9.78 Å². The van der Waals surface area contributed by atoms with E-state index in [0.29, 0.717) is 22.0 Å². The lowest BCUT2D eigenvalue weighted by Crippen LogP contribution is -2.30. The first-order valence-corrected chi connectivity index (χ1v) is 7.55. The largest absolute Gasteiger partial charge is 0.338 e. The number of likely N-dealkylation sites (tertiary alicyclic amines) is 1. The molecule has 0 saturated carbocycles. The maximum absolute atomic E-state index is 12.7. The molecule has 0 unspecified atom stereocenters. The topological polar surface area (TPSA) is 45.2 Å². The molecule has 4 nitrogen and oxygen atoms in total. The van der Waals surface area contributed by atoms with E-state index in [1.165, 1.54) is 0 Å². The standard InChI is InChI=1S/C16H18ClN3O/c1-18-9-11-6-8-20(10-11)16(21)13-4-5-14(17)12-3-2-7-19-15(12)13/h2-5,7,11,18H,6,8-10H2,1H3/t11-/m1/s1. The first-order chi connectivity index (χ1) is 10.2. The summed E-state index contributed by atoms with van der Waals surface area (Å²) in [4.78, 5) is 19.0. The minimum Gasteiger partial charge on any atom is -0.338 e. The van der Waals surface area contributed by atoms with Crippen LogP contribution in [0.15, 0.2) is 30.5 Å². The fraction of sp³-hybridized carbons (Fsp3) is 0.375. The molecule has 1 aromatic heterocycles. The van der Waals surface area contributed by atoms with Crippen LogP contribution >= 0.6 is 11.6 Å². The highest BCUT2D eigenvalue weighted by Gasteiger charge is 2.27. The predicted molar refractivity (Wildman–Crippen MR) is 84.7 cm³/mol. The highest BCUT2D eigenvalue weighted by Crippen LogP contribution is 2.27. The number of halogens is 1. The Morgan fingerprint density at radius 1 is 1.48 bits per heavy atom. The van der Waals surface area contributed by atoms with Crippen molar-refractivity contribution >= 4 is 28.4 Å². The van der Waals surface area contributed by atoms with Gasteiger partial charge in [0.05, 0.1) is 16.1 Å². The van der Waals surface area contributed by atoms with Crippen molar-refractivity contribution in [2.24, 2.45) is 5.92 Å². The van der Waals surface area contributed by atoms with Crippen LogP contribution in [0, 0.1) is 5.92 Å². The van der Waals surface area contributed by atoms with Crippen molar-refractivity contribution in [3.63, 3.8) is 0 Å². The summed E-state index contributed by atoms with van der Waals surface area (Å²) in [7, 11) is 1.95. The SMILES string of the molecule is CNC[C@H]1CCN(C(=O)c2ccc(Cl)c3cccnc23)C1. The van der Waals surface area contributed by atoms with Crippen LogP contribution in [0.5, 0.6) is 0 Å². The van der Waals surface area contributed by atoms with Crippen LogP contribution in [-0.2, 0) is 0 Å². The molecule has 1 aliphatic heterocycles. The van der Waals surface area contributed by atoms with E-state index in [0.717, 1.165) is 31.4 Å². The molecule has 1 amide bonds. The third-order valence-electron chi connectivity index (χ3n) is 4.01. The van der Waals surface area contributed by atoms with Crippen LogP contribution in [0.3, 0.4) is 0 Å². The molecule has 2 heterocycles. The molecule has 1 aromatic carbocycles. The fourth-order valence-corrected chi connectivity index (χ4v) is 3.17. The summed E-state index contributed by atoms with van der Waals surface area (Å²) in [5, 5.41) is 4.64. The number of aromatic nitrogens is 1. The molecular weight excluding hydrogens is 286 g/mol. The first-order valence-electron chi connectivity index (χ1n) is 7.18. The molecule has 1 saturated heterocycles. The van der Waals surface area contributed by atoms with Crippen molar-refractivity contribution in [1.82, 2.24) is 15.2 Å². The highest BCUT2D eigenvalue weighted by atomic mass is 35.5. The van der Waals surface area contributed by atoms with Gasteiger partial charge in [-0.15, -0.1) is 0 Å². The van der Waals surface area contributed by atoms with Crippen LogP contribution in [0.1, 0.15) is 16.8 Å². The van der Waals surface area contributed by atoms with E-state index in [9.17, 15) is 4.79 Å². The number of rotatable bonds is 3. The molecular formula is C16H18ClN3O. The van der Waals surface area contributed by atoms with Gasteiger partial charge in [-0.2, -0.15) is 0 Å². The second-order valence-electron chi connectivity index (χ2n) is 5.46. The number of carbonyl (C=O) groups is 1. The second-order valence-corrected chi connectivity index (χ2v) is 5.87. The van der Waals surface area contributed by atoms with Gasteiger partial charge in [-0.05, 0) is 50.2 Å². The van der Waals surface area contributed by atoms with Gasteiger partial charge in [0.1, 0.15) is 0 Å². The molecule has 0 aliphatic carbocycles. The lowest BCUT2D eigenvalue weighted by molar-refractivity contribution is 0.0789. The van der Waals surface area contributed by atoms with Crippen LogP contribution < -0.4 is 5.32 Å². The van der Waals surface area contributed by atoms with E-state index in [4.69, 9.17) is 11.6 Å². The lowest BCUT2D eigenvalue weighted by atomic mass is 10.1. The smallest absolute Gasteiger partial charge is 0.256 e. The van der Waals surface area contributed by atoms with Crippen molar-refractivity contribution in [2.75, 3.05) is 26.7 Å². The Hall–Kier alpha value is -1.65. The number of carbonyl (C=O) groups excluding carboxylic acids is 1. The van der Waals surface area contributed by atoms with Gasteiger partial charge in [0, 0.05) is 24.7 Å². The first kappa shape index (κ1) is 14.3. The van der Waals surface area contributed by atoms with Gasteiger partial charge in [0.25, 0.3) is 5.91 Å². The normalized spacial score (nSPS) is 18.4. The molecule has 5 heteroatoms. The average molecular weight is 304 g/mol. The molecule has 0 bridgehead atoms. The monoisotopic (exact) mass is 303 g/mol. The van der Waals surface area contributed by atoms with Crippen LogP contribution in [-0.4, -0.2) is 42.5 Å². The molecule has 1 atom stereocenters. The summed E-state index contributed by atoms with van der Waals surface area (Å²) in [6.45, 7) is 2.56. The number of pyridine rings is 1. The van der Waals surface area contributed by atoms with Crippen molar-refractivity contribution in [2.45, 2.75) is 6.42 Å². The molecule has 1 N–H and O–H groups in total. The fourth-order valence-electron chi connectivity index (χ4n) is 2.95. The van der Waals surface area contributed by atoms with Gasteiger partial charge in [0.15, 0.2) is 0 Å². The van der Waals surface area contributed by atoms with Crippen molar-refractivity contribution in [3.05, 3.63) is 41.0 Å². The van der Waals surface area contributed by atoms with Crippen molar-refractivity contribution < 1.29 is 4.79 Å². The zero-order chi connectivity index (χ0) is 14.8. The number of hydrogen-bond donors (Lipinski definition) is 1. The second kappa shape index (κ2) is 6.00.